The molecule has 0 radical (unpaired) electrons. The molecule has 0 atom stereocenters. The van der Waals surface area contributed by atoms with Crippen molar-refractivity contribution >= 4 is 0 Å². The highest BCUT2D eigenvalue weighted by Crippen LogP contribution is 2.41. The summed E-state index contributed by atoms with van der Waals surface area (Å²) in [5.41, 5.74) is 2.57. The van der Waals surface area contributed by atoms with Crippen LogP contribution in [0, 0.1) is 0 Å². The van der Waals surface area contributed by atoms with Gasteiger partial charge in [0.2, 0.25) is 6.79 Å². The molecular formula is C15H16N2O3. The van der Waals surface area contributed by atoms with Crippen molar-refractivity contribution in [2.75, 3.05) is 13.9 Å². The van der Waals surface area contributed by atoms with E-state index in [0.29, 0.717) is 23.2 Å². The lowest BCUT2D eigenvalue weighted by molar-refractivity contribution is 0.174. The molecule has 3 rings (SSSR count). The molecule has 5 heteroatoms. The van der Waals surface area contributed by atoms with E-state index in [1.165, 1.54) is 0 Å². The first-order valence-corrected chi connectivity index (χ1v) is 6.50. The van der Waals surface area contributed by atoms with Crippen molar-refractivity contribution in [3.63, 3.8) is 0 Å². The summed E-state index contributed by atoms with van der Waals surface area (Å²) in [6.45, 7) is 4.41. The van der Waals surface area contributed by atoms with Crippen molar-refractivity contribution in [3.05, 3.63) is 30.0 Å². The molecule has 2 aromatic rings. The molecule has 0 unspecified atom stereocenters. The van der Waals surface area contributed by atoms with Gasteiger partial charge in [-0.15, -0.1) is 0 Å². The molecule has 0 spiro atoms. The van der Waals surface area contributed by atoms with Gasteiger partial charge in [-0.05, 0) is 24.1 Å². The number of nitrogens with zero attached hydrogens (tertiary/aromatic N) is 2. The van der Waals surface area contributed by atoms with E-state index in [0.717, 1.165) is 17.0 Å². The molecule has 1 aliphatic rings. The third-order valence-corrected chi connectivity index (χ3v) is 3.25. The lowest BCUT2D eigenvalue weighted by Gasteiger charge is -2.10. The van der Waals surface area contributed by atoms with Crippen LogP contribution in [0.2, 0.25) is 0 Å². The first-order chi connectivity index (χ1) is 9.69. The standard InChI is InChI=1S/C15H16N2O3/c1-9(2)11-4-5-12(17-16-11)10-6-14-15(20-8-19-14)7-13(10)18-3/h4-7,9H,8H2,1-3H3. The minimum absolute atomic E-state index is 0.236. The third-order valence-electron chi connectivity index (χ3n) is 3.25. The van der Waals surface area contributed by atoms with Crippen LogP contribution in [0.25, 0.3) is 11.3 Å². The zero-order chi connectivity index (χ0) is 14.1. The Bertz CT molecular complexity index is 624. The van der Waals surface area contributed by atoms with Crippen LogP contribution in [-0.4, -0.2) is 24.1 Å². The fourth-order valence-corrected chi connectivity index (χ4v) is 2.09. The molecule has 5 nitrogen and oxygen atoms in total. The number of rotatable bonds is 3. The van der Waals surface area contributed by atoms with E-state index in [1.54, 1.807) is 7.11 Å². The van der Waals surface area contributed by atoms with Gasteiger partial charge >= 0.3 is 0 Å². The van der Waals surface area contributed by atoms with Crippen LogP contribution in [-0.2, 0) is 0 Å². The van der Waals surface area contributed by atoms with Crippen molar-refractivity contribution in [2.24, 2.45) is 0 Å². The maximum absolute atomic E-state index is 5.40. The molecule has 0 saturated heterocycles. The van der Waals surface area contributed by atoms with Gasteiger partial charge in [0.25, 0.3) is 0 Å². The molecule has 0 bridgehead atoms. The Labute approximate surface area is 117 Å². The number of hydrogen-bond acceptors (Lipinski definition) is 5. The molecule has 2 heterocycles. The Balaban J connectivity index is 2.04. The molecule has 0 aliphatic carbocycles. The quantitative estimate of drug-likeness (QED) is 0.859. The van der Waals surface area contributed by atoms with Gasteiger partial charge in [0.1, 0.15) is 5.75 Å². The highest BCUT2D eigenvalue weighted by Gasteiger charge is 2.19. The zero-order valence-corrected chi connectivity index (χ0v) is 11.7. The van der Waals surface area contributed by atoms with Crippen LogP contribution in [0.4, 0.5) is 0 Å². The van der Waals surface area contributed by atoms with Crippen molar-refractivity contribution in [2.45, 2.75) is 19.8 Å². The number of fused-ring (bicyclic) bond motifs is 1. The molecule has 20 heavy (non-hydrogen) atoms. The van der Waals surface area contributed by atoms with Crippen LogP contribution in [0.5, 0.6) is 17.2 Å². The molecule has 104 valence electrons. The molecule has 1 aliphatic heterocycles. The molecule has 1 aromatic carbocycles. The largest absolute Gasteiger partial charge is 0.496 e. The number of methoxy groups -OCH3 is 1. The van der Waals surface area contributed by atoms with E-state index in [2.05, 4.69) is 24.0 Å². The SMILES string of the molecule is COc1cc2c(cc1-c1ccc(C(C)C)nn1)OCO2. The second kappa shape index (κ2) is 5.00. The Morgan fingerprint density at radius 1 is 1.10 bits per heavy atom. The average Bonchev–Trinajstić information content (AvgIpc) is 2.93. The van der Waals surface area contributed by atoms with Crippen LogP contribution < -0.4 is 14.2 Å². The molecule has 0 saturated carbocycles. The number of ether oxygens (including phenoxy) is 3. The summed E-state index contributed by atoms with van der Waals surface area (Å²) in [6.07, 6.45) is 0. The first kappa shape index (κ1) is 12.7. The normalized spacial score (nSPS) is 12.8. The van der Waals surface area contributed by atoms with Crippen LogP contribution in [0.3, 0.4) is 0 Å². The Kier molecular flexibility index (Phi) is 3.18. The second-order valence-corrected chi connectivity index (χ2v) is 4.90. The Hall–Kier alpha value is -2.30. The lowest BCUT2D eigenvalue weighted by Crippen LogP contribution is -1.97. The minimum Gasteiger partial charge on any atom is -0.496 e. The predicted molar refractivity (Wildman–Crippen MR) is 74.2 cm³/mol. The summed E-state index contributed by atoms with van der Waals surface area (Å²) in [4.78, 5) is 0. The molecular weight excluding hydrogens is 256 g/mol. The Morgan fingerprint density at radius 3 is 2.45 bits per heavy atom. The van der Waals surface area contributed by atoms with E-state index in [-0.39, 0.29) is 6.79 Å². The van der Waals surface area contributed by atoms with Gasteiger partial charge in [-0.1, -0.05) is 13.8 Å². The highest BCUT2D eigenvalue weighted by molar-refractivity contribution is 5.71. The van der Waals surface area contributed by atoms with Crippen molar-refractivity contribution in [1.82, 2.24) is 10.2 Å². The van der Waals surface area contributed by atoms with E-state index in [1.807, 2.05) is 24.3 Å². The van der Waals surface area contributed by atoms with Crippen molar-refractivity contribution < 1.29 is 14.2 Å². The van der Waals surface area contributed by atoms with Gasteiger partial charge in [-0.2, -0.15) is 10.2 Å². The van der Waals surface area contributed by atoms with Gasteiger partial charge in [-0.25, -0.2) is 0 Å². The smallest absolute Gasteiger partial charge is 0.231 e. The maximum atomic E-state index is 5.40. The Morgan fingerprint density at radius 2 is 1.85 bits per heavy atom. The number of benzene rings is 1. The third kappa shape index (κ3) is 2.15. The molecule has 0 amide bonds. The summed E-state index contributed by atoms with van der Waals surface area (Å²) < 4.78 is 16.1. The summed E-state index contributed by atoms with van der Waals surface area (Å²) >= 11 is 0. The summed E-state index contributed by atoms with van der Waals surface area (Å²) in [5, 5.41) is 8.52. The highest BCUT2D eigenvalue weighted by atomic mass is 16.7. The monoisotopic (exact) mass is 272 g/mol. The van der Waals surface area contributed by atoms with Gasteiger partial charge in [0.15, 0.2) is 11.5 Å². The summed E-state index contributed by atoms with van der Waals surface area (Å²) in [5.74, 6) is 2.45. The fraction of sp³-hybridized carbons (Fsp3) is 0.333. The van der Waals surface area contributed by atoms with Gasteiger partial charge < -0.3 is 14.2 Å². The second-order valence-electron chi connectivity index (χ2n) is 4.90. The van der Waals surface area contributed by atoms with Gasteiger partial charge in [-0.3, -0.25) is 0 Å². The van der Waals surface area contributed by atoms with Crippen LogP contribution in [0.15, 0.2) is 24.3 Å². The summed E-state index contributed by atoms with van der Waals surface area (Å²) in [6, 6.07) is 7.62. The van der Waals surface area contributed by atoms with E-state index in [9.17, 15) is 0 Å². The molecule has 0 N–H and O–H groups in total. The summed E-state index contributed by atoms with van der Waals surface area (Å²) in [7, 11) is 1.62. The number of hydrogen-bond donors (Lipinski definition) is 0. The fourth-order valence-electron chi connectivity index (χ4n) is 2.09. The van der Waals surface area contributed by atoms with E-state index in [4.69, 9.17) is 14.2 Å². The maximum Gasteiger partial charge on any atom is 0.231 e. The van der Waals surface area contributed by atoms with E-state index < -0.39 is 0 Å². The first-order valence-electron chi connectivity index (χ1n) is 6.50. The topological polar surface area (TPSA) is 53.5 Å². The lowest BCUT2D eigenvalue weighted by atomic mass is 10.1. The number of aromatic nitrogens is 2. The molecule has 0 fully saturated rings. The van der Waals surface area contributed by atoms with Crippen LogP contribution in [0.1, 0.15) is 25.5 Å². The van der Waals surface area contributed by atoms with Gasteiger partial charge in [0, 0.05) is 11.6 Å². The van der Waals surface area contributed by atoms with Crippen LogP contribution >= 0.6 is 0 Å². The average molecular weight is 272 g/mol. The van der Waals surface area contributed by atoms with Crippen molar-refractivity contribution in [1.29, 1.82) is 0 Å². The zero-order valence-electron chi connectivity index (χ0n) is 11.7. The predicted octanol–water partition coefficient (Wildman–Crippen LogP) is 3.00. The van der Waals surface area contributed by atoms with E-state index >= 15 is 0 Å². The van der Waals surface area contributed by atoms with Gasteiger partial charge in [0.05, 0.1) is 18.5 Å². The van der Waals surface area contributed by atoms with Crippen molar-refractivity contribution in [3.8, 4) is 28.5 Å². The minimum atomic E-state index is 0.236. The molecule has 1 aromatic heterocycles.